The van der Waals surface area contributed by atoms with Crippen molar-refractivity contribution in [2.75, 3.05) is 0 Å². The van der Waals surface area contributed by atoms with Crippen molar-refractivity contribution in [3.05, 3.63) is 66.0 Å². The van der Waals surface area contributed by atoms with Gasteiger partial charge in [0, 0.05) is 4.90 Å². The quantitative estimate of drug-likeness (QED) is 0.859. The first-order chi connectivity index (χ1) is 8.66. The average Bonchev–Trinajstić information content (AvgIpc) is 2.37. The largest absolute Gasteiger partial charge is 0.368 e. The molecule has 92 valence electrons. The zero-order chi connectivity index (χ0) is 13.0. The van der Waals surface area contributed by atoms with E-state index in [1.807, 2.05) is 30.3 Å². The molecule has 0 aliphatic rings. The molecule has 1 amide bonds. The Kier molecular flexibility index (Phi) is 3.99. The van der Waals surface area contributed by atoms with Gasteiger partial charge >= 0.3 is 0 Å². The molecule has 0 bridgehead atoms. The summed E-state index contributed by atoms with van der Waals surface area (Å²) in [6.45, 7) is 0. The highest BCUT2D eigenvalue weighted by Crippen LogP contribution is 2.34. The van der Waals surface area contributed by atoms with Gasteiger partial charge in [-0.25, -0.2) is 4.39 Å². The lowest BCUT2D eigenvalue weighted by molar-refractivity contribution is -0.117. The van der Waals surface area contributed by atoms with Crippen molar-refractivity contribution in [2.45, 2.75) is 10.1 Å². The summed E-state index contributed by atoms with van der Waals surface area (Å²) in [4.78, 5) is 12.2. The lowest BCUT2D eigenvalue weighted by Crippen LogP contribution is -2.18. The van der Waals surface area contributed by atoms with E-state index in [-0.39, 0.29) is 5.82 Å². The molecule has 0 spiro atoms. The summed E-state index contributed by atoms with van der Waals surface area (Å²) in [6.07, 6.45) is 0. The van der Waals surface area contributed by atoms with Crippen molar-refractivity contribution in [3.63, 3.8) is 0 Å². The number of rotatable bonds is 4. The van der Waals surface area contributed by atoms with E-state index in [1.165, 1.54) is 23.9 Å². The van der Waals surface area contributed by atoms with Crippen molar-refractivity contribution in [1.82, 2.24) is 0 Å². The number of hydrogen-bond donors (Lipinski definition) is 1. The molecule has 2 nitrogen and oxygen atoms in total. The van der Waals surface area contributed by atoms with Gasteiger partial charge in [0.15, 0.2) is 0 Å². The molecule has 18 heavy (non-hydrogen) atoms. The molecule has 2 rings (SSSR count). The maximum absolute atomic E-state index is 13.1. The first-order valence-corrected chi connectivity index (χ1v) is 6.31. The van der Waals surface area contributed by atoms with Gasteiger partial charge in [-0.15, -0.1) is 11.8 Å². The maximum atomic E-state index is 13.1. The van der Waals surface area contributed by atoms with Crippen LogP contribution in [0.4, 0.5) is 4.39 Å². The number of halogens is 1. The first kappa shape index (κ1) is 12.6. The molecule has 0 aliphatic heterocycles. The third kappa shape index (κ3) is 3.11. The molecule has 1 unspecified atom stereocenters. The standard InChI is InChI=1S/C14H12FNOS/c15-11-7-4-8-12(9-11)18-13(14(16)17)10-5-2-1-3-6-10/h1-9,13H,(H2,16,17). The molecule has 0 aliphatic carbocycles. The minimum Gasteiger partial charge on any atom is -0.368 e. The van der Waals surface area contributed by atoms with E-state index in [0.29, 0.717) is 4.90 Å². The Morgan fingerprint density at radius 3 is 2.44 bits per heavy atom. The predicted molar refractivity (Wildman–Crippen MR) is 70.6 cm³/mol. The summed E-state index contributed by atoms with van der Waals surface area (Å²) in [5.41, 5.74) is 6.22. The molecule has 0 radical (unpaired) electrons. The summed E-state index contributed by atoms with van der Waals surface area (Å²) in [7, 11) is 0. The second-order valence-corrected chi connectivity index (χ2v) is 4.95. The van der Waals surface area contributed by atoms with Crippen LogP contribution in [0.1, 0.15) is 10.8 Å². The van der Waals surface area contributed by atoms with Crippen LogP contribution in [0.2, 0.25) is 0 Å². The number of amides is 1. The summed E-state index contributed by atoms with van der Waals surface area (Å²) in [5.74, 6) is -0.758. The second-order valence-electron chi connectivity index (χ2n) is 3.77. The van der Waals surface area contributed by atoms with Gasteiger partial charge in [-0.05, 0) is 23.8 Å². The molecule has 2 aromatic carbocycles. The van der Waals surface area contributed by atoms with E-state index in [2.05, 4.69) is 0 Å². The number of carbonyl (C=O) groups excluding carboxylic acids is 1. The van der Waals surface area contributed by atoms with Gasteiger partial charge in [0.25, 0.3) is 0 Å². The van der Waals surface area contributed by atoms with Gasteiger partial charge in [0.2, 0.25) is 5.91 Å². The van der Waals surface area contributed by atoms with Gasteiger partial charge in [-0.3, -0.25) is 4.79 Å². The molecule has 2 N–H and O–H groups in total. The third-order valence-electron chi connectivity index (χ3n) is 2.41. The zero-order valence-corrected chi connectivity index (χ0v) is 10.4. The average molecular weight is 261 g/mol. The maximum Gasteiger partial charge on any atom is 0.235 e. The summed E-state index contributed by atoms with van der Waals surface area (Å²) < 4.78 is 13.1. The van der Waals surface area contributed by atoms with Crippen LogP contribution >= 0.6 is 11.8 Å². The highest BCUT2D eigenvalue weighted by Gasteiger charge is 2.19. The van der Waals surface area contributed by atoms with Crippen LogP contribution in [0.15, 0.2) is 59.5 Å². The Hall–Kier alpha value is -1.81. The number of carbonyl (C=O) groups is 1. The van der Waals surface area contributed by atoms with E-state index >= 15 is 0 Å². The van der Waals surface area contributed by atoms with Crippen LogP contribution in [-0.2, 0) is 4.79 Å². The van der Waals surface area contributed by atoms with Gasteiger partial charge in [-0.2, -0.15) is 0 Å². The Morgan fingerprint density at radius 2 is 1.83 bits per heavy atom. The molecule has 0 saturated carbocycles. The lowest BCUT2D eigenvalue weighted by atomic mass is 10.1. The Morgan fingerprint density at radius 1 is 1.11 bits per heavy atom. The predicted octanol–water partition coefficient (Wildman–Crippen LogP) is 3.14. The van der Waals surface area contributed by atoms with Gasteiger partial charge in [0.1, 0.15) is 11.1 Å². The number of hydrogen-bond acceptors (Lipinski definition) is 2. The Labute approximate surface area is 109 Å². The molecule has 1 atom stereocenters. The van der Waals surface area contributed by atoms with Gasteiger partial charge in [-0.1, -0.05) is 36.4 Å². The lowest BCUT2D eigenvalue weighted by Gasteiger charge is -2.13. The van der Waals surface area contributed by atoms with Crippen molar-refractivity contribution in [3.8, 4) is 0 Å². The zero-order valence-electron chi connectivity index (χ0n) is 9.55. The highest BCUT2D eigenvalue weighted by molar-refractivity contribution is 8.00. The van der Waals surface area contributed by atoms with E-state index in [4.69, 9.17) is 5.73 Å². The fourth-order valence-corrected chi connectivity index (χ4v) is 2.61. The van der Waals surface area contributed by atoms with Crippen molar-refractivity contribution >= 4 is 17.7 Å². The van der Waals surface area contributed by atoms with Crippen LogP contribution in [-0.4, -0.2) is 5.91 Å². The number of primary amides is 1. The van der Waals surface area contributed by atoms with E-state index in [0.717, 1.165) is 5.56 Å². The molecule has 0 fully saturated rings. The molecule has 2 aromatic rings. The highest BCUT2D eigenvalue weighted by atomic mass is 32.2. The van der Waals surface area contributed by atoms with E-state index in [1.54, 1.807) is 12.1 Å². The Balaban J connectivity index is 2.25. The monoisotopic (exact) mass is 261 g/mol. The number of nitrogens with two attached hydrogens (primary N) is 1. The molecular formula is C14H12FNOS. The molecule has 0 aromatic heterocycles. The van der Waals surface area contributed by atoms with Gasteiger partial charge < -0.3 is 5.73 Å². The van der Waals surface area contributed by atoms with Crippen molar-refractivity contribution in [1.29, 1.82) is 0 Å². The normalized spacial score (nSPS) is 12.1. The number of thioether (sulfide) groups is 1. The third-order valence-corrected chi connectivity index (χ3v) is 3.68. The van der Waals surface area contributed by atoms with E-state index < -0.39 is 11.2 Å². The van der Waals surface area contributed by atoms with Crippen molar-refractivity contribution < 1.29 is 9.18 Å². The van der Waals surface area contributed by atoms with Crippen LogP contribution in [0.25, 0.3) is 0 Å². The second kappa shape index (κ2) is 5.69. The smallest absolute Gasteiger partial charge is 0.235 e. The summed E-state index contributed by atoms with van der Waals surface area (Å²) >= 11 is 1.25. The van der Waals surface area contributed by atoms with Crippen LogP contribution < -0.4 is 5.73 Å². The SMILES string of the molecule is NC(=O)C(Sc1cccc(F)c1)c1ccccc1. The van der Waals surface area contributed by atoms with Crippen LogP contribution in [0, 0.1) is 5.82 Å². The summed E-state index contributed by atoms with van der Waals surface area (Å²) in [5, 5.41) is -0.506. The van der Waals surface area contributed by atoms with Crippen LogP contribution in [0.5, 0.6) is 0 Å². The Bertz CT molecular complexity index is 545. The van der Waals surface area contributed by atoms with E-state index in [9.17, 15) is 9.18 Å². The number of benzene rings is 2. The topological polar surface area (TPSA) is 43.1 Å². The molecule has 0 heterocycles. The van der Waals surface area contributed by atoms with Crippen LogP contribution in [0.3, 0.4) is 0 Å². The molecule has 4 heteroatoms. The minimum absolute atomic E-state index is 0.323. The first-order valence-electron chi connectivity index (χ1n) is 5.43. The minimum atomic E-state index is -0.506. The van der Waals surface area contributed by atoms with Crippen molar-refractivity contribution in [2.24, 2.45) is 5.73 Å². The summed E-state index contributed by atoms with van der Waals surface area (Å²) in [6, 6.07) is 15.4. The fourth-order valence-electron chi connectivity index (χ4n) is 1.59. The van der Waals surface area contributed by atoms with Gasteiger partial charge in [0.05, 0.1) is 0 Å². The fraction of sp³-hybridized carbons (Fsp3) is 0.0714. The molecule has 0 saturated heterocycles. The molecular weight excluding hydrogens is 249 g/mol.